The van der Waals surface area contributed by atoms with Gasteiger partial charge in [-0.2, -0.15) is 0 Å². The quantitative estimate of drug-likeness (QED) is 0.507. The van der Waals surface area contributed by atoms with E-state index in [1.54, 1.807) is 7.05 Å². The molecule has 0 aromatic carbocycles. The van der Waals surface area contributed by atoms with Crippen molar-refractivity contribution in [3.63, 3.8) is 0 Å². The van der Waals surface area contributed by atoms with E-state index in [9.17, 15) is 9.59 Å². The van der Waals surface area contributed by atoms with Crippen LogP contribution in [0, 0.1) is 5.92 Å². The zero-order valence-corrected chi connectivity index (χ0v) is 8.87. The van der Waals surface area contributed by atoms with Gasteiger partial charge in [0.25, 0.3) is 5.91 Å². The van der Waals surface area contributed by atoms with E-state index in [0.717, 1.165) is 18.9 Å². The molecule has 1 saturated carbocycles. The van der Waals surface area contributed by atoms with Gasteiger partial charge in [0.05, 0.1) is 0 Å². The lowest BCUT2D eigenvalue weighted by molar-refractivity contribution is -0.137. The molecular formula is C11H19NO2. The SMILES string of the molecule is CN(CCC1CCCCC1)C(=O)C=O. The normalized spacial score (nSPS) is 17.8. The lowest BCUT2D eigenvalue weighted by Gasteiger charge is -2.23. The van der Waals surface area contributed by atoms with Crippen molar-refractivity contribution in [3.8, 4) is 0 Å². The number of rotatable bonds is 4. The second-order valence-electron chi connectivity index (χ2n) is 4.17. The number of hydrogen-bond acceptors (Lipinski definition) is 2. The van der Waals surface area contributed by atoms with Gasteiger partial charge in [0.15, 0.2) is 0 Å². The molecule has 1 aliphatic carbocycles. The van der Waals surface area contributed by atoms with E-state index in [4.69, 9.17) is 0 Å². The summed E-state index contributed by atoms with van der Waals surface area (Å²) < 4.78 is 0. The number of hydrogen-bond donors (Lipinski definition) is 0. The molecule has 0 bridgehead atoms. The van der Waals surface area contributed by atoms with Crippen LogP contribution >= 0.6 is 0 Å². The minimum Gasteiger partial charge on any atom is -0.339 e. The van der Waals surface area contributed by atoms with E-state index in [1.165, 1.54) is 37.0 Å². The monoisotopic (exact) mass is 197 g/mol. The van der Waals surface area contributed by atoms with E-state index in [-0.39, 0.29) is 0 Å². The molecule has 0 aliphatic heterocycles. The molecule has 0 heterocycles. The molecule has 0 spiro atoms. The Kier molecular flexibility index (Phi) is 4.63. The topological polar surface area (TPSA) is 37.4 Å². The van der Waals surface area contributed by atoms with Crippen LogP contribution in [-0.2, 0) is 9.59 Å². The van der Waals surface area contributed by atoms with Crippen LogP contribution < -0.4 is 0 Å². The maximum absolute atomic E-state index is 10.9. The summed E-state index contributed by atoms with van der Waals surface area (Å²) in [5, 5.41) is 0. The Hall–Kier alpha value is -0.860. The van der Waals surface area contributed by atoms with Gasteiger partial charge in [-0.05, 0) is 12.3 Å². The van der Waals surface area contributed by atoms with Crippen LogP contribution in [0.4, 0.5) is 0 Å². The molecule has 0 unspecified atom stereocenters. The van der Waals surface area contributed by atoms with Crippen LogP contribution in [0.3, 0.4) is 0 Å². The van der Waals surface area contributed by atoms with Gasteiger partial charge in [-0.3, -0.25) is 9.59 Å². The van der Waals surface area contributed by atoms with Crippen molar-refractivity contribution in [2.24, 2.45) is 5.92 Å². The van der Waals surface area contributed by atoms with Gasteiger partial charge in [-0.25, -0.2) is 0 Å². The first kappa shape index (κ1) is 11.2. The second kappa shape index (κ2) is 5.78. The maximum atomic E-state index is 10.9. The van der Waals surface area contributed by atoms with E-state index in [2.05, 4.69) is 0 Å². The van der Waals surface area contributed by atoms with Crippen LogP contribution in [-0.4, -0.2) is 30.7 Å². The first-order chi connectivity index (χ1) is 6.74. The number of carbonyl (C=O) groups excluding carboxylic acids is 2. The molecule has 1 aliphatic rings. The Balaban J connectivity index is 2.18. The fourth-order valence-electron chi connectivity index (χ4n) is 2.05. The number of amides is 1. The van der Waals surface area contributed by atoms with Gasteiger partial charge in [0.1, 0.15) is 0 Å². The predicted octanol–water partition coefficient (Wildman–Crippen LogP) is 1.61. The van der Waals surface area contributed by atoms with Crippen LogP contribution in [0.5, 0.6) is 0 Å². The highest BCUT2D eigenvalue weighted by atomic mass is 16.2. The van der Waals surface area contributed by atoms with Crippen molar-refractivity contribution in [2.45, 2.75) is 38.5 Å². The third-order valence-corrected chi connectivity index (χ3v) is 3.07. The van der Waals surface area contributed by atoms with Crippen molar-refractivity contribution < 1.29 is 9.59 Å². The highest BCUT2D eigenvalue weighted by molar-refractivity contribution is 6.23. The fourth-order valence-corrected chi connectivity index (χ4v) is 2.05. The molecule has 0 atom stereocenters. The molecule has 80 valence electrons. The smallest absolute Gasteiger partial charge is 0.286 e. The molecule has 0 aromatic heterocycles. The zero-order valence-electron chi connectivity index (χ0n) is 8.87. The van der Waals surface area contributed by atoms with E-state index < -0.39 is 5.91 Å². The molecule has 1 rings (SSSR count). The average molecular weight is 197 g/mol. The molecule has 0 N–H and O–H groups in total. The molecule has 1 fully saturated rings. The minimum absolute atomic E-state index is 0.390. The van der Waals surface area contributed by atoms with Gasteiger partial charge in [-0.15, -0.1) is 0 Å². The largest absolute Gasteiger partial charge is 0.339 e. The molecule has 0 aromatic rings. The first-order valence-corrected chi connectivity index (χ1v) is 5.44. The van der Waals surface area contributed by atoms with Gasteiger partial charge < -0.3 is 4.90 Å². The van der Waals surface area contributed by atoms with E-state index in [1.807, 2.05) is 0 Å². The Morgan fingerprint density at radius 1 is 1.36 bits per heavy atom. The summed E-state index contributed by atoms with van der Waals surface area (Å²) in [5.74, 6) is 0.367. The Labute approximate surface area is 85.5 Å². The van der Waals surface area contributed by atoms with Gasteiger partial charge >= 0.3 is 0 Å². The summed E-state index contributed by atoms with van der Waals surface area (Å²) in [4.78, 5) is 22.7. The van der Waals surface area contributed by atoms with Crippen molar-refractivity contribution in [1.29, 1.82) is 0 Å². The Morgan fingerprint density at radius 3 is 2.57 bits per heavy atom. The minimum atomic E-state index is -0.402. The maximum Gasteiger partial charge on any atom is 0.286 e. The van der Waals surface area contributed by atoms with Gasteiger partial charge in [0.2, 0.25) is 6.29 Å². The Bertz CT molecular complexity index is 197. The fraction of sp³-hybridized carbons (Fsp3) is 0.818. The first-order valence-electron chi connectivity index (χ1n) is 5.44. The summed E-state index contributed by atoms with van der Waals surface area (Å²) in [6.07, 6.45) is 8.05. The van der Waals surface area contributed by atoms with Crippen LogP contribution in [0.2, 0.25) is 0 Å². The third-order valence-electron chi connectivity index (χ3n) is 3.07. The number of likely N-dealkylation sites (N-methyl/N-ethyl adjacent to an activating group) is 1. The summed E-state index contributed by atoms with van der Waals surface area (Å²) >= 11 is 0. The lowest BCUT2D eigenvalue weighted by Crippen LogP contribution is -2.29. The highest BCUT2D eigenvalue weighted by Crippen LogP contribution is 2.26. The van der Waals surface area contributed by atoms with Gasteiger partial charge in [0, 0.05) is 13.6 Å². The number of nitrogens with zero attached hydrogens (tertiary/aromatic N) is 1. The van der Waals surface area contributed by atoms with Crippen molar-refractivity contribution in [2.75, 3.05) is 13.6 Å². The lowest BCUT2D eigenvalue weighted by atomic mass is 9.87. The molecule has 0 saturated heterocycles. The van der Waals surface area contributed by atoms with Crippen LogP contribution in [0.15, 0.2) is 0 Å². The molecule has 3 nitrogen and oxygen atoms in total. The van der Waals surface area contributed by atoms with Crippen molar-refractivity contribution in [3.05, 3.63) is 0 Å². The standard InChI is InChI=1S/C11H19NO2/c1-12(11(14)9-13)8-7-10-5-3-2-4-6-10/h9-10H,2-8H2,1H3. The summed E-state index contributed by atoms with van der Waals surface area (Å²) in [6.45, 7) is 0.724. The highest BCUT2D eigenvalue weighted by Gasteiger charge is 2.15. The zero-order chi connectivity index (χ0) is 10.4. The molecule has 3 heteroatoms. The molecule has 0 radical (unpaired) electrons. The molecular weight excluding hydrogens is 178 g/mol. The van der Waals surface area contributed by atoms with E-state index in [0.29, 0.717) is 6.29 Å². The molecule has 14 heavy (non-hydrogen) atoms. The predicted molar refractivity (Wildman–Crippen MR) is 54.9 cm³/mol. The van der Waals surface area contributed by atoms with Crippen molar-refractivity contribution in [1.82, 2.24) is 4.90 Å². The van der Waals surface area contributed by atoms with Crippen LogP contribution in [0.1, 0.15) is 38.5 Å². The van der Waals surface area contributed by atoms with Crippen molar-refractivity contribution >= 4 is 12.2 Å². The van der Waals surface area contributed by atoms with Gasteiger partial charge in [-0.1, -0.05) is 32.1 Å². The second-order valence-corrected chi connectivity index (χ2v) is 4.17. The summed E-state index contributed by atoms with van der Waals surface area (Å²) in [5.41, 5.74) is 0. The summed E-state index contributed by atoms with van der Waals surface area (Å²) in [7, 11) is 1.69. The number of aldehydes is 1. The summed E-state index contributed by atoms with van der Waals surface area (Å²) in [6, 6.07) is 0. The van der Waals surface area contributed by atoms with E-state index >= 15 is 0 Å². The average Bonchev–Trinajstić information content (AvgIpc) is 2.26. The van der Waals surface area contributed by atoms with Crippen LogP contribution in [0.25, 0.3) is 0 Å². The Morgan fingerprint density at radius 2 is 2.00 bits per heavy atom. The number of carbonyl (C=O) groups is 2. The molecule has 1 amide bonds. The third kappa shape index (κ3) is 3.48.